The molecule has 1 atom stereocenters. The highest BCUT2D eigenvalue weighted by molar-refractivity contribution is 7.26. The summed E-state index contributed by atoms with van der Waals surface area (Å²) in [6, 6.07) is 63.6. The maximum atomic E-state index is 5.28. The van der Waals surface area contributed by atoms with Gasteiger partial charge in [-0.2, -0.15) is 0 Å². The van der Waals surface area contributed by atoms with Gasteiger partial charge in [0.2, 0.25) is 0 Å². The zero-order valence-corrected chi connectivity index (χ0v) is 30.5. The molecule has 0 saturated heterocycles. The number of fused-ring (bicyclic) bond motifs is 3. The van der Waals surface area contributed by atoms with Crippen LogP contribution < -0.4 is 5.32 Å². The Bertz CT molecular complexity index is 2860. The smallest absolute Gasteiger partial charge is 0.160 e. The summed E-state index contributed by atoms with van der Waals surface area (Å²) in [5.74, 6) is 1.51. The molecule has 6 heteroatoms. The number of nitrogens with zero attached hydrogens (tertiary/aromatic N) is 4. The molecule has 5 nitrogen and oxygen atoms in total. The summed E-state index contributed by atoms with van der Waals surface area (Å²) in [6.07, 6.45) is 1.35. The first-order valence-electron chi connectivity index (χ1n) is 18.3. The lowest BCUT2D eigenvalue weighted by molar-refractivity contribution is 0.674. The summed E-state index contributed by atoms with van der Waals surface area (Å²) in [5, 5.41) is 6.11. The van der Waals surface area contributed by atoms with E-state index in [4.69, 9.17) is 9.98 Å². The van der Waals surface area contributed by atoms with Crippen molar-refractivity contribution >= 4 is 43.2 Å². The van der Waals surface area contributed by atoms with Crippen LogP contribution in [0, 0.1) is 0 Å². The molecule has 0 saturated carbocycles. The minimum absolute atomic E-state index is 0.285. The fourth-order valence-corrected chi connectivity index (χ4v) is 8.60. The molecule has 1 aliphatic heterocycles. The minimum Gasteiger partial charge on any atom is -0.344 e. The highest BCUT2D eigenvalue weighted by Crippen LogP contribution is 2.43. The van der Waals surface area contributed by atoms with Gasteiger partial charge in [-0.1, -0.05) is 164 Å². The summed E-state index contributed by atoms with van der Waals surface area (Å²) in [6.45, 7) is 0. The van der Waals surface area contributed by atoms with Crippen LogP contribution in [-0.2, 0) is 0 Å². The van der Waals surface area contributed by atoms with Gasteiger partial charge in [-0.15, -0.1) is 11.3 Å². The monoisotopic (exact) mass is 723 g/mol. The summed E-state index contributed by atoms with van der Waals surface area (Å²) < 4.78 is 2.49. The van der Waals surface area contributed by atoms with Gasteiger partial charge < -0.3 is 5.32 Å². The Balaban J connectivity index is 1.06. The average Bonchev–Trinajstić information content (AvgIpc) is 3.66. The van der Waals surface area contributed by atoms with E-state index in [0.717, 1.165) is 67.3 Å². The molecule has 0 radical (unpaired) electrons. The molecule has 3 heterocycles. The predicted molar refractivity (Wildman–Crippen MR) is 228 cm³/mol. The van der Waals surface area contributed by atoms with Crippen LogP contribution in [0.4, 0.5) is 0 Å². The summed E-state index contributed by atoms with van der Waals surface area (Å²) in [7, 11) is 0. The first kappa shape index (κ1) is 32.6. The zero-order valence-electron chi connectivity index (χ0n) is 29.7. The van der Waals surface area contributed by atoms with Crippen molar-refractivity contribution in [2.75, 3.05) is 0 Å². The van der Waals surface area contributed by atoms with Crippen LogP contribution in [0.1, 0.15) is 22.9 Å². The number of benzene rings is 7. The molecule has 7 aromatic carbocycles. The van der Waals surface area contributed by atoms with E-state index in [2.05, 4.69) is 149 Å². The predicted octanol–water partition coefficient (Wildman–Crippen LogP) is 12.0. The molecule has 10 rings (SSSR count). The van der Waals surface area contributed by atoms with Gasteiger partial charge in [0.05, 0.1) is 11.4 Å². The van der Waals surface area contributed by atoms with Crippen molar-refractivity contribution in [3.63, 3.8) is 0 Å². The highest BCUT2D eigenvalue weighted by Gasteiger charge is 2.24. The zero-order chi connectivity index (χ0) is 36.6. The van der Waals surface area contributed by atoms with Crippen molar-refractivity contribution in [1.82, 2.24) is 15.3 Å². The molecule has 260 valence electrons. The van der Waals surface area contributed by atoms with E-state index in [1.165, 1.54) is 20.2 Å². The normalized spacial score (nSPS) is 14.0. The van der Waals surface area contributed by atoms with Gasteiger partial charge in [0.15, 0.2) is 5.84 Å². The fourth-order valence-electron chi connectivity index (χ4n) is 7.32. The van der Waals surface area contributed by atoms with E-state index >= 15 is 0 Å². The topological polar surface area (TPSA) is 62.5 Å². The third-order valence-corrected chi connectivity index (χ3v) is 11.3. The lowest BCUT2D eigenvalue weighted by Crippen LogP contribution is -2.33. The maximum absolute atomic E-state index is 5.28. The Morgan fingerprint density at radius 2 is 1.04 bits per heavy atom. The molecular formula is C49H33N5S. The number of hydrogen-bond acceptors (Lipinski definition) is 6. The van der Waals surface area contributed by atoms with Gasteiger partial charge in [-0.3, -0.25) is 0 Å². The lowest BCUT2D eigenvalue weighted by atomic mass is 9.94. The Kier molecular flexibility index (Phi) is 8.35. The Labute approximate surface area is 323 Å². The maximum Gasteiger partial charge on any atom is 0.160 e. The van der Waals surface area contributed by atoms with Crippen molar-refractivity contribution in [3.8, 4) is 44.8 Å². The number of rotatable bonds is 7. The number of thiophene rings is 1. The summed E-state index contributed by atoms with van der Waals surface area (Å²) in [4.78, 5) is 19.6. The molecule has 0 spiro atoms. The van der Waals surface area contributed by atoms with E-state index in [0.29, 0.717) is 5.84 Å². The van der Waals surface area contributed by atoms with E-state index in [9.17, 15) is 0 Å². The second-order valence-electron chi connectivity index (χ2n) is 13.5. The second-order valence-corrected chi connectivity index (χ2v) is 14.6. The number of aromatic nitrogens is 2. The van der Waals surface area contributed by atoms with Crippen LogP contribution in [-0.4, -0.2) is 21.6 Å². The number of nitrogens with one attached hydrogen (secondary N) is 1. The molecule has 0 amide bonds. The molecule has 2 aromatic heterocycles. The molecule has 0 fully saturated rings. The van der Waals surface area contributed by atoms with Crippen LogP contribution in [0.5, 0.6) is 0 Å². The quantitative estimate of drug-likeness (QED) is 0.178. The number of amidine groups is 2. The lowest BCUT2D eigenvalue weighted by Gasteiger charge is -2.24. The minimum atomic E-state index is -0.285. The molecule has 0 aliphatic carbocycles. The van der Waals surface area contributed by atoms with E-state index in [1.807, 2.05) is 59.9 Å². The van der Waals surface area contributed by atoms with E-state index in [-0.39, 0.29) is 6.17 Å². The van der Waals surface area contributed by atoms with Crippen LogP contribution in [0.3, 0.4) is 0 Å². The summed E-state index contributed by atoms with van der Waals surface area (Å²) >= 11 is 1.83. The molecule has 1 aliphatic rings. The third-order valence-electron chi connectivity index (χ3n) is 10.1. The van der Waals surface area contributed by atoms with Crippen LogP contribution in [0.25, 0.3) is 64.9 Å². The Hall–Kier alpha value is -7.02. The number of hydrogen-bond donors (Lipinski definition) is 1. The van der Waals surface area contributed by atoms with Gasteiger partial charge >= 0.3 is 0 Å². The fraction of sp³-hybridized carbons (Fsp3) is 0.0204. The van der Waals surface area contributed by atoms with E-state index < -0.39 is 0 Å². The number of aliphatic imine (C=N–C) groups is 2. The Morgan fingerprint density at radius 3 is 1.73 bits per heavy atom. The molecule has 0 bridgehead atoms. The van der Waals surface area contributed by atoms with Gasteiger partial charge in [0.1, 0.15) is 18.3 Å². The van der Waals surface area contributed by atoms with Crippen molar-refractivity contribution in [1.29, 1.82) is 0 Å². The van der Waals surface area contributed by atoms with Crippen LogP contribution in [0.2, 0.25) is 0 Å². The second kappa shape index (κ2) is 14.1. The Morgan fingerprint density at radius 1 is 0.473 bits per heavy atom. The molecular weight excluding hydrogens is 691 g/mol. The van der Waals surface area contributed by atoms with Crippen molar-refractivity contribution in [2.24, 2.45) is 9.98 Å². The SMILES string of the molecule is c1ccc(C2=NC(c3ccc4c(sc5ccccc54)c3-c3ccc(-c4ccc(-c5cc(-c6ccccc6)ncn5)cc4)cc3)=NC(c3ccccc3)N2)cc1. The van der Waals surface area contributed by atoms with Gasteiger partial charge in [0, 0.05) is 48.0 Å². The summed E-state index contributed by atoms with van der Waals surface area (Å²) in [5.41, 5.74) is 11.6. The van der Waals surface area contributed by atoms with Crippen LogP contribution >= 0.6 is 11.3 Å². The molecule has 1 unspecified atom stereocenters. The highest BCUT2D eigenvalue weighted by atomic mass is 32.1. The van der Waals surface area contributed by atoms with Gasteiger partial charge in [-0.25, -0.2) is 20.0 Å². The van der Waals surface area contributed by atoms with Crippen molar-refractivity contribution in [2.45, 2.75) is 6.17 Å². The van der Waals surface area contributed by atoms with Crippen molar-refractivity contribution in [3.05, 3.63) is 205 Å². The molecule has 9 aromatic rings. The third kappa shape index (κ3) is 6.28. The molecule has 55 heavy (non-hydrogen) atoms. The van der Waals surface area contributed by atoms with Gasteiger partial charge in [0.25, 0.3) is 0 Å². The standard InChI is InChI=1S/C49H33N5S/c1-4-12-34(13-5-1)42-30-43(51-31-50-42)35-24-20-32(21-25-35)33-22-26-36(27-23-33)45-41(29-28-40-39-18-10-11-19-44(39)55-46(40)45)49-53-47(37-14-6-2-7-15-37)52-48(54-49)38-16-8-3-9-17-38/h1-31,47H,(H,52,53,54). The molecule has 1 N–H and O–H groups in total. The van der Waals surface area contributed by atoms with E-state index in [1.54, 1.807) is 6.33 Å². The first-order chi connectivity index (χ1) is 27.2. The largest absolute Gasteiger partial charge is 0.344 e. The first-order valence-corrected chi connectivity index (χ1v) is 19.1. The average molecular weight is 724 g/mol. The van der Waals surface area contributed by atoms with Crippen LogP contribution in [0.15, 0.2) is 198 Å². The van der Waals surface area contributed by atoms with Gasteiger partial charge in [-0.05, 0) is 40.5 Å². The van der Waals surface area contributed by atoms with Crippen molar-refractivity contribution < 1.29 is 0 Å².